The highest BCUT2D eigenvalue weighted by atomic mass is 127. The Hall–Kier alpha value is -1.60. The van der Waals surface area contributed by atoms with Crippen molar-refractivity contribution in [1.82, 2.24) is 4.98 Å². The molecule has 0 aliphatic carbocycles. The quantitative estimate of drug-likeness (QED) is 0.658. The standard InChI is InChI=1S/C14H8ClIN2O2/c15-8-5-6-9-12(7-8)18-14(20-13(9)19)17-11-4-2-1-3-10(11)16/h1-7H,(H,17,18). The summed E-state index contributed by atoms with van der Waals surface area (Å²) in [6.45, 7) is 0. The van der Waals surface area contributed by atoms with Crippen LogP contribution in [0.5, 0.6) is 0 Å². The first kappa shape index (κ1) is 13.4. The smallest absolute Gasteiger partial charge is 0.348 e. The summed E-state index contributed by atoms with van der Waals surface area (Å²) >= 11 is 8.10. The Bertz CT molecular complexity index is 848. The number of nitrogens with one attached hydrogen (secondary N) is 1. The lowest BCUT2D eigenvalue weighted by molar-refractivity contribution is 0.522. The van der Waals surface area contributed by atoms with Crippen LogP contribution in [-0.4, -0.2) is 4.98 Å². The van der Waals surface area contributed by atoms with Crippen LogP contribution in [0.25, 0.3) is 10.9 Å². The van der Waals surface area contributed by atoms with Crippen LogP contribution in [0.2, 0.25) is 5.02 Å². The van der Waals surface area contributed by atoms with Gasteiger partial charge < -0.3 is 9.73 Å². The normalized spacial score (nSPS) is 10.7. The van der Waals surface area contributed by atoms with Crippen LogP contribution in [-0.2, 0) is 0 Å². The molecule has 20 heavy (non-hydrogen) atoms. The maximum atomic E-state index is 11.9. The third kappa shape index (κ3) is 2.64. The van der Waals surface area contributed by atoms with Gasteiger partial charge in [-0.05, 0) is 52.9 Å². The lowest BCUT2D eigenvalue weighted by atomic mass is 10.2. The molecule has 0 saturated carbocycles. The first-order valence-corrected chi connectivity index (χ1v) is 7.21. The highest BCUT2D eigenvalue weighted by Crippen LogP contribution is 2.22. The average Bonchev–Trinajstić information content (AvgIpc) is 2.41. The van der Waals surface area contributed by atoms with Gasteiger partial charge in [-0.3, -0.25) is 0 Å². The van der Waals surface area contributed by atoms with Crippen molar-refractivity contribution in [2.75, 3.05) is 5.32 Å². The lowest BCUT2D eigenvalue weighted by Gasteiger charge is -2.06. The summed E-state index contributed by atoms with van der Waals surface area (Å²) in [7, 11) is 0. The van der Waals surface area contributed by atoms with Gasteiger partial charge >= 0.3 is 11.6 Å². The Morgan fingerprint density at radius 1 is 1.20 bits per heavy atom. The van der Waals surface area contributed by atoms with E-state index in [1.807, 2.05) is 24.3 Å². The number of rotatable bonds is 2. The van der Waals surface area contributed by atoms with E-state index in [-0.39, 0.29) is 6.01 Å². The number of fused-ring (bicyclic) bond motifs is 1. The van der Waals surface area contributed by atoms with Gasteiger partial charge in [-0.2, -0.15) is 4.98 Å². The van der Waals surface area contributed by atoms with Crippen LogP contribution >= 0.6 is 34.2 Å². The lowest BCUT2D eigenvalue weighted by Crippen LogP contribution is -2.05. The molecule has 0 bridgehead atoms. The Balaban J connectivity index is 2.09. The first-order valence-electron chi connectivity index (χ1n) is 5.75. The van der Waals surface area contributed by atoms with E-state index in [0.717, 1.165) is 9.26 Å². The molecule has 0 radical (unpaired) electrons. The van der Waals surface area contributed by atoms with E-state index in [1.54, 1.807) is 18.2 Å². The van der Waals surface area contributed by atoms with Gasteiger partial charge in [0.25, 0.3) is 0 Å². The van der Waals surface area contributed by atoms with Gasteiger partial charge in [0, 0.05) is 8.59 Å². The van der Waals surface area contributed by atoms with Crippen LogP contribution in [0, 0.1) is 3.57 Å². The Kier molecular flexibility index (Phi) is 3.62. The zero-order valence-corrected chi connectivity index (χ0v) is 13.0. The zero-order valence-electron chi connectivity index (χ0n) is 10.1. The molecule has 0 unspecified atom stereocenters. The highest BCUT2D eigenvalue weighted by molar-refractivity contribution is 14.1. The van der Waals surface area contributed by atoms with E-state index in [0.29, 0.717) is 15.9 Å². The van der Waals surface area contributed by atoms with Crippen molar-refractivity contribution in [3.05, 3.63) is 61.5 Å². The molecule has 1 N–H and O–H groups in total. The second kappa shape index (κ2) is 5.41. The number of nitrogens with zero attached hydrogens (tertiary/aromatic N) is 1. The molecule has 1 aromatic heterocycles. The van der Waals surface area contributed by atoms with Gasteiger partial charge in [0.1, 0.15) is 0 Å². The van der Waals surface area contributed by atoms with Crippen molar-refractivity contribution in [2.45, 2.75) is 0 Å². The van der Waals surface area contributed by atoms with Crippen molar-refractivity contribution < 1.29 is 4.42 Å². The van der Waals surface area contributed by atoms with Crippen molar-refractivity contribution in [2.24, 2.45) is 0 Å². The van der Waals surface area contributed by atoms with Crippen molar-refractivity contribution >= 4 is 56.8 Å². The molecule has 6 heteroatoms. The third-order valence-corrected chi connectivity index (χ3v) is 3.88. The van der Waals surface area contributed by atoms with Crippen LogP contribution in [0.15, 0.2) is 51.7 Å². The predicted molar refractivity (Wildman–Crippen MR) is 87.7 cm³/mol. The molecule has 0 aliphatic heterocycles. The fourth-order valence-corrected chi connectivity index (χ4v) is 2.46. The largest absolute Gasteiger partial charge is 0.388 e. The van der Waals surface area contributed by atoms with Gasteiger partial charge in [0.05, 0.1) is 16.6 Å². The summed E-state index contributed by atoms with van der Waals surface area (Å²) in [5.74, 6) is 0. The number of aromatic nitrogens is 1. The van der Waals surface area contributed by atoms with Gasteiger partial charge in [-0.15, -0.1) is 0 Å². The monoisotopic (exact) mass is 398 g/mol. The number of hydrogen-bond donors (Lipinski definition) is 1. The summed E-state index contributed by atoms with van der Waals surface area (Å²) in [5.41, 5.74) is 0.882. The molecular formula is C14H8ClIN2O2. The number of para-hydroxylation sites is 1. The summed E-state index contributed by atoms with van der Waals surface area (Å²) < 4.78 is 6.17. The molecule has 100 valence electrons. The number of anilines is 2. The maximum Gasteiger partial charge on any atom is 0.348 e. The molecule has 3 aromatic rings. The predicted octanol–water partition coefficient (Wildman–Crippen LogP) is 4.19. The van der Waals surface area contributed by atoms with Crippen molar-refractivity contribution in [3.63, 3.8) is 0 Å². The molecule has 0 aliphatic rings. The molecule has 0 saturated heterocycles. The van der Waals surface area contributed by atoms with E-state index in [2.05, 4.69) is 32.9 Å². The topological polar surface area (TPSA) is 55.1 Å². The second-order valence-electron chi connectivity index (χ2n) is 4.07. The molecular weight excluding hydrogens is 391 g/mol. The molecule has 0 spiro atoms. The van der Waals surface area contributed by atoms with Crippen LogP contribution < -0.4 is 10.9 Å². The molecule has 0 atom stereocenters. The van der Waals surface area contributed by atoms with Gasteiger partial charge in [0.2, 0.25) is 0 Å². The average molecular weight is 399 g/mol. The summed E-state index contributed by atoms with van der Waals surface area (Å²) in [6, 6.07) is 12.7. The molecule has 0 amide bonds. The minimum atomic E-state index is -0.444. The van der Waals surface area contributed by atoms with Gasteiger partial charge in [-0.25, -0.2) is 4.79 Å². The van der Waals surface area contributed by atoms with Crippen LogP contribution in [0.3, 0.4) is 0 Å². The minimum absolute atomic E-state index is 0.147. The maximum absolute atomic E-state index is 11.9. The zero-order chi connectivity index (χ0) is 14.1. The van der Waals surface area contributed by atoms with Crippen molar-refractivity contribution in [3.8, 4) is 0 Å². The van der Waals surface area contributed by atoms with Gasteiger partial charge in [0.15, 0.2) is 0 Å². The Morgan fingerprint density at radius 2 is 2.00 bits per heavy atom. The SMILES string of the molecule is O=c1oc(Nc2ccccc2I)nc2cc(Cl)ccc12. The van der Waals surface area contributed by atoms with E-state index in [1.165, 1.54) is 0 Å². The minimum Gasteiger partial charge on any atom is -0.388 e. The van der Waals surface area contributed by atoms with E-state index < -0.39 is 5.63 Å². The van der Waals surface area contributed by atoms with Crippen LogP contribution in [0.4, 0.5) is 11.7 Å². The summed E-state index contributed by atoms with van der Waals surface area (Å²) in [5, 5.41) is 3.93. The summed E-state index contributed by atoms with van der Waals surface area (Å²) in [6.07, 6.45) is 0. The van der Waals surface area contributed by atoms with Crippen molar-refractivity contribution in [1.29, 1.82) is 0 Å². The Labute approximate surface area is 132 Å². The third-order valence-electron chi connectivity index (χ3n) is 2.71. The fraction of sp³-hybridized carbons (Fsp3) is 0. The van der Waals surface area contributed by atoms with E-state index >= 15 is 0 Å². The van der Waals surface area contributed by atoms with Crippen LogP contribution in [0.1, 0.15) is 0 Å². The molecule has 1 heterocycles. The first-order chi connectivity index (χ1) is 9.63. The van der Waals surface area contributed by atoms with E-state index in [9.17, 15) is 4.79 Å². The number of halogens is 2. The molecule has 3 rings (SSSR count). The van der Waals surface area contributed by atoms with Gasteiger partial charge in [-0.1, -0.05) is 23.7 Å². The molecule has 0 fully saturated rings. The number of benzene rings is 2. The summed E-state index contributed by atoms with van der Waals surface area (Å²) in [4.78, 5) is 16.2. The highest BCUT2D eigenvalue weighted by Gasteiger charge is 2.08. The van der Waals surface area contributed by atoms with E-state index in [4.69, 9.17) is 16.0 Å². The molecule has 4 nitrogen and oxygen atoms in total. The second-order valence-corrected chi connectivity index (χ2v) is 5.67. The Morgan fingerprint density at radius 3 is 2.80 bits per heavy atom. The fourth-order valence-electron chi connectivity index (χ4n) is 1.78. The molecule has 2 aromatic carbocycles. The number of hydrogen-bond acceptors (Lipinski definition) is 4.